The fraction of sp³-hybridized carbons (Fsp3) is 0.409. The number of rotatable bonds is 5. The number of ether oxygens (including phenoxy) is 1. The normalized spacial score (nSPS) is 12.5. The molecule has 2 aromatic rings. The molecule has 6 nitrogen and oxygen atoms in total. The topological polar surface area (TPSA) is 84.5 Å². The van der Waals surface area contributed by atoms with E-state index in [1.54, 1.807) is 20.8 Å². The van der Waals surface area contributed by atoms with E-state index in [9.17, 15) is 13.2 Å². The van der Waals surface area contributed by atoms with E-state index < -0.39 is 21.5 Å². The summed E-state index contributed by atoms with van der Waals surface area (Å²) in [6, 6.07) is 11.9. The van der Waals surface area contributed by atoms with Gasteiger partial charge in [0.15, 0.2) is 0 Å². The van der Waals surface area contributed by atoms with Gasteiger partial charge in [-0.3, -0.25) is 4.79 Å². The number of hydrogen-bond acceptors (Lipinski definition) is 4. The Labute approximate surface area is 173 Å². The van der Waals surface area contributed by atoms with E-state index in [4.69, 9.17) is 4.74 Å². The highest BCUT2D eigenvalue weighted by atomic mass is 32.2. The molecule has 158 valence electrons. The fourth-order valence-corrected chi connectivity index (χ4v) is 4.36. The molecular formula is C22H30N2O4S. The van der Waals surface area contributed by atoms with Crippen molar-refractivity contribution in [2.24, 2.45) is 0 Å². The molecule has 0 radical (unpaired) electrons. The van der Waals surface area contributed by atoms with Gasteiger partial charge in [-0.25, -0.2) is 13.1 Å². The first-order valence-electron chi connectivity index (χ1n) is 9.37. The van der Waals surface area contributed by atoms with E-state index in [2.05, 4.69) is 30.8 Å². The molecule has 0 saturated heterocycles. The van der Waals surface area contributed by atoms with Crippen LogP contribution in [0, 0.1) is 0 Å². The first-order valence-corrected chi connectivity index (χ1v) is 10.9. The van der Waals surface area contributed by atoms with Gasteiger partial charge < -0.3 is 10.1 Å². The van der Waals surface area contributed by atoms with Crippen LogP contribution in [0.25, 0.3) is 0 Å². The second-order valence-electron chi connectivity index (χ2n) is 9.00. The number of benzene rings is 2. The lowest BCUT2D eigenvalue weighted by Gasteiger charge is -2.21. The molecule has 0 spiro atoms. The maximum Gasteiger partial charge on any atom is 0.255 e. The van der Waals surface area contributed by atoms with E-state index in [0.29, 0.717) is 5.69 Å². The summed E-state index contributed by atoms with van der Waals surface area (Å²) >= 11 is 0. The third-order valence-corrected chi connectivity index (χ3v) is 5.94. The predicted molar refractivity (Wildman–Crippen MR) is 116 cm³/mol. The smallest absolute Gasteiger partial charge is 0.255 e. The van der Waals surface area contributed by atoms with Crippen molar-refractivity contribution in [2.75, 3.05) is 12.4 Å². The molecule has 2 N–H and O–H groups in total. The molecule has 0 heterocycles. The van der Waals surface area contributed by atoms with Crippen LogP contribution < -0.4 is 14.8 Å². The summed E-state index contributed by atoms with van der Waals surface area (Å²) in [5.74, 6) is -0.226. The second kappa shape index (κ2) is 8.16. The molecule has 0 bridgehead atoms. The van der Waals surface area contributed by atoms with Gasteiger partial charge in [-0.1, -0.05) is 32.9 Å². The number of carbonyl (C=O) groups excluding carboxylic acids is 1. The van der Waals surface area contributed by atoms with Crippen molar-refractivity contribution in [1.29, 1.82) is 0 Å². The van der Waals surface area contributed by atoms with Gasteiger partial charge in [0, 0.05) is 16.8 Å². The Morgan fingerprint density at radius 3 is 2.00 bits per heavy atom. The van der Waals surface area contributed by atoms with E-state index >= 15 is 0 Å². The van der Waals surface area contributed by atoms with Crippen LogP contribution in [-0.4, -0.2) is 27.0 Å². The number of nitrogens with one attached hydrogen (secondary N) is 2. The van der Waals surface area contributed by atoms with Gasteiger partial charge in [0.05, 0.1) is 7.11 Å². The molecule has 0 aliphatic carbocycles. The molecule has 2 aromatic carbocycles. The van der Waals surface area contributed by atoms with Crippen molar-refractivity contribution in [1.82, 2.24) is 4.72 Å². The van der Waals surface area contributed by atoms with Crippen molar-refractivity contribution in [3.63, 3.8) is 0 Å². The van der Waals surface area contributed by atoms with E-state index in [-0.39, 0.29) is 21.6 Å². The Bertz CT molecular complexity index is 983. The minimum atomic E-state index is -3.87. The summed E-state index contributed by atoms with van der Waals surface area (Å²) in [5.41, 5.74) is 1.36. The van der Waals surface area contributed by atoms with Gasteiger partial charge in [0.2, 0.25) is 10.0 Å². The number of amides is 1. The van der Waals surface area contributed by atoms with Crippen LogP contribution in [-0.2, 0) is 15.4 Å². The van der Waals surface area contributed by atoms with Crippen LogP contribution in [0.4, 0.5) is 5.69 Å². The molecule has 29 heavy (non-hydrogen) atoms. The van der Waals surface area contributed by atoms with E-state index in [1.807, 2.05) is 24.3 Å². The highest BCUT2D eigenvalue weighted by Crippen LogP contribution is 2.27. The highest BCUT2D eigenvalue weighted by molar-refractivity contribution is 7.89. The second-order valence-corrected chi connectivity index (χ2v) is 10.7. The third kappa shape index (κ3) is 6.05. The maximum absolute atomic E-state index is 12.8. The molecule has 1 amide bonds. The Kier molecular flexibility index (Phi) is 6.45. The highest BCUT2D eigenvalue weighted by Gasteiger charge is 2.26. The van der Waals surface area contributed by atoms with Gasteiger partial charge in [0.25, 0.3) is 5.91 Å². The minimum Gasteiger partial charge on any atom is -0.495 e. The molecule has 0 unspecified atom stereocenters. The number of methoxy groups -OCH3 is 1. The summed E-state index contributed by atoms with van der Waals surface area (Å²) in [7, 11) is -2.48. The van der Waals surface area contributed by atoms with Gasteiger partial charge in [-0.05, 0) is 62.1 Å². The quantitative estimate of drug-likeness (QED) is 0.757. The van der Waals surface area contributed by atoms with E-state index in [0.717, 1.165) is 5.56 Å². The minimum absolute atomic E-state index is 0.0157. The number of anilines is 1. The average molecular weight is 419 g/mol. The van der Waals surface area contributed by atoms with Crippen LogP contribution in [0.15, 0.2) is 47.4 Å². The number of sulfonamides is 1. The van der Waals surface area contributed by atoms with Crippen molar-refractivity contribution < 1.29 is 17.9 Å². The summed E-state index contributed by atoms with van der Waals surface area (Å²) in [5, 5.41) is 2.81. The summed E-state index contributed by atoms with van der Waals surface area (Å²) in [6.07, 6.45) is 0. The lowest BCUT2D eigenvalue weighted by Crippen LogP contribution is -2.40. The SMILES string of the molecule is COc1ccc(C(=O)Nc2ccc(C(C)(C)C)cc2)cc1S(=O)(=O)NC(C)(C)C. The molecule has 0 aliphatic rings. The van der Waals surface area contributed by atoms with Gasteiger partial charge in [-0.15, -0.1) is 0 Å². The summed E-state index contributed by atoms with van der Waals surface area (Å²) in [6.45, 7) is 11.6. The number of carbonyl (C=O) groups is 1. The van der Waals surface area contributed by atoms with Crippen molar-refractivity contribution >= 4 is 21.6 Å². The first-order chi connectivity index (χ1) is 13.2. The molecule has 7 heteroatoms. The zero-order valence-corrected chi connectivity index (χ0v) is 18.9. The predicted octanol–water partition coefficient (Wildman–Crippen LogP) is 4.32. The van der Waals surface area contributed by atoms with Crippen LogP contribution >= 0.6 is 0 Å². The molecule has 0 fully saturated rings. The Morgan fingerprint density at radius 2 is 1.52 bits per heavy atom. The van der Waals surface area contributed by atoms with Gasteiger partial charge >= 0.3 is 0 Å². The molecule has 2 rings (SSSR count). The molecule has 0 aliphatic heterocycles. The third-order valence-electron chi connectivity index (χ3n) is 4.16. The number of hydrogen-bond donors (Lipinski definition) is 2. The summed E-state index contributed by atoms with van der Waals surface area (Å²) in [4.78, 5) is 12.6. The van der Waals surface area contributed by atoms with Gasteiger partial charge in [0.1, 0.15) is 10.6 Å². The molecular weight excluding hydrogens is 388 g/mol. The molecule has 0 atom stereocenters. The van der Waals surface area contributed by atoms with Crippen LogP contribution in [0.5, 0.6) is 5.75 Å². The Balaban J connectivity index is 2.32. The van der Waals surface area contributed by atoms with Gasteiger partial charge in [-0.2, -0.15) is 0 Å². The lowest BCUT2D eigenvalue weighted by atomic mass is 9.87. The Hall–Kier alpha value is -2.38. The van der Waals surface area contributed by atoms with E-state index in [1.165, 1.54) is 25.3 Å². The summed E-state index contributed by atoms with van der Waals surface area (Å²) < 4.78 is 33.3. The monoisotopic (exact) mass is 418 g/mol. The van der Waals surface area contributed by atoms with Crippen molar-refractivity contribution in [2.45, 2.75) is 57.4 Å². The molecule has 0 saturated carbocycles. The first kappa shape index (κ1) is 22.9. The lowest BCUT2D eigenvalue weighted by molar-refractivity contribution is 0.102. The van der Waals surface area contributed by atoms with Crippen molar-refractivity contribution in [3.05, 3.63) is 53.6 Å². The zero-order chi connectivity index (χ0) is 22.0. The molecule has 0 aromatic heterocycles. The fourth-order valence-electron chi connectivity index (χ4n) is 2.74. The van der Waals surface area contributed by atoms with Crippen molar-refractivity contribution in [3.8, 4) is 5.75 Å². The van der Waals surface area contributed by atoms with Crippen LogP contribution in [0.3, 0.4) is 0 Å². The largest absolute Gasteiger partial charge is 0.495 e. The maximum atomic E-state index is 12.8. The standard InChI is InChI=1S/C22H30N2O4S/c1-21(2,3)16-9-11-17(12-10-16)23-20(25)15-8-13-18(28-7)19(14-15)29(26,27)24-22(4,5)6/h8-14,24H,1-7H3,(H,23,25). The van der Waals surface area contributed by atoms with Crippen LogP contribution in [0.1, 0.15) is 57.5 Å². The average Bonchev–Trinajstić information content (AvgIpc) is 2.58. The Morgan fingerprint density at radius 1 is 0.931 bits per heavy atom. The zero-order valence-electron chi connectivity index (χ0n) is 18.1. The van der Waals surface area contributed by atoms with Crippen LogP contribution in [0.2, 0.25) is 0 Å².